The zero-order valence-corrected chi connectivity index (χ0v) is 17.8. The molecule has 0 aliphatic heterocycles. The van der Waals surface area contributed by atoms with Gasteiger partial charge in [-0.05, 0) is 63.2 Å². The summed E-state index contributed by atoms with van der Waals surface area (Å²) in [6, 6.07) is 7.72. The molecule has 2 aromatic heterocycles. The van der Waals surface area contributed by atoms with Gasteiger partial charge in [-0.3, -0.25) is 0 Å². The fourth-order valence-electron chi connectivity index (χ4n) is 3.17. The largest absolute Gasteiger partial charge is 0.415 e. The van der Waals surface area contributed by atoms with E-state index < -0.39 is 0 Å². The molecule has 1 atom stereocenters. The van der Waals surface area contributed by atoms with Crippen molar-refractivity contribution < 1.29 is 9.32 Å². The van der Waals surface area contributed by atoms with Crippen LogP contribution >= 0.6 is 23.8 Å². The van der Waals surface area contributed by atoms with Crippen LogP contribution in [0.15, 0.2) is 28.7 Å². The number of halogens is 1. The van der Waals surface area contributed by atoms with E-state index >= 15 is 0 Å². The highest BCUT2D eigenvalue weighted by Crippen LogP contribution is 2.38. The molecule has 0 amide bonds. The van der Waals surface area contributed by atoms with Gasteiger partial charge in [0.05, 0.1) is 6.04 Å². The van der Waals surface area contributed by atoms with Crippen LogP contribution < -0.4 is 4.90 Å². The fraction of sp³-hybridized carbons (Fsp3) is 0.474. The molecule has 1 N–H and O–H groups in total. The third kappa shape index (κ3) is 4.04. The van der Waals surface area contributed by atoms with E-state index in [4.69, 9.17) is 33.3 Å². The van der Waals surface area contributed by atoms with Crippen molar-refractivity contribution in [3.05, 3.63) is 45.8 Å². The molecule has 2 heterocycles. The van der Waals surface area contributed by atoms with Gasteiger partial charge in [-0.25, -0.2) is 0 Å². The average molecular weight is 420 g/mol. The molecule has 1 aliphatic carbocycles. The Morgan fingerprint density at radius 2 is 1.96 bits per heavy atom. The Bertz CT molecular complexity index is 1020. The molecule has 1 aromatic carbocycles. The van der Waals surface area contributed by atoms with Crippen molar-refractivity contribution in [2.75, 3.05) is 0 Å². The number of nitrogens with one attached hydrogen (secondary N) is 1. The van der Waals surface area contributed by atoms with Crippen molar-refractivity contribution in [3.63, 3.8) is 0 Å². The molecule has 1 saturated carbocycles. The van der Waals surface area contributed by atoms with E-state index in [0.29, 0.717) is 42.0 Å². The lowest BCUT2D eigenvalue weighted by Gasteiger charge is -2.21. The molecule has 148 valence electrons. The Morgan fingerprint density at radius 1 is 1.25 bits per heavy atom. The van der Waals surface area contributed by atoms with Crippen molar-refractivity contribution in [3.8, 4) is 11.5 Å². The molecule has 1 aliphatic rings. The maximum atomic E-state index is 5.95. The molecular formula is C19H24ClN6OS+. The van der Waals surface area contributed by atoms with Gasteiger partial charge in [-0.1, -0.05) is 11.6 Å². The zero-order chi connectivity index (χ0) is 19.8. The summed E-state index contributed by atoms with van der Waals surface area (Å²) in [7, 11) is 2.00. The summed E-state index contributed by atoms with van der Waals surface area (Å²) in [6.07, 6.45) is 2.41. The average Bonchev–Trinajstić information content (AvgIpc) is 3.34. The summed E-state index contributed by atoms with van der Waals surface area (Å²) < 4.78 is 10.6. The second kappa shape index (κ2) is 7.77. The van der Waals surface area contributed by atoms with Gasteiger partial charge in [0.15, 0.2) is 13.2 Å². The van der Waals surface area contributed by atoms with Gasteiger partial charge in [0, 0.05) is 23.6 Å². The standard InChI is InChI=1S/C19H23ClN6OS/c1-12(2)25(11-26-19(28)24(3)17(23-26)13-4-5-13)10-16-21-22-18(27-16)14-6-8-15(20)9-7-14/h6-9,12-13H,4-5,10-11H2,1-3H3/p+1. The summed E-state index contributed by atoms with van der Waals surface area (Å²) in [5.74, 6) is 2.75. The lowest BCUT2D eigenvalue weighted by Crippen LogP contribution is -3.13. The molecule has 3 aromatic rings. The SMILES string of the molecule is CC(C)[NH+](Cc1nnc(-c2ccc(Cl)cc2)o1)Cn1nc(C2CC2)n(C)c1=S. The summed E-state index contributed by atoms with van der Waals surface area (Å²) in [6.45, 7) is 5.60. The second-order valence-electron chi connectivity index (χ2n) is 7.63. The number of rotatable bonds is 7. The summed E-state index contributed by atoms with van der Waals surface area (Å²) in [5.41, 5.74) is 0.857. The van der Waals surface area contributed by atoms with Crippen molar-refractivity contribution in [1.29, 1.82) is 0 Å². The first-order chi connectivity index (χ1) is 13.4. The Hall–Kier alpha value is -2.03. The molecule has 0 saturated heterocycles. The third-order valence-electron chi connectivity index (χ3n) is 5.12. The van der Waals surface area contributed by atoms with Crippen LogP contribution in [0.25, 0.3) is 11.5 Å². The summed E-state index contributed by atoms with van der Waals surface area (Å²) in [5, 5.41) is 13.9. The lowest BCUT2D eigenvalue weighted by molar-refractivity contribution is -0.958. The third-order valence-corrected chi connectivity index (χ3v) is 5.86. The fourth-order valence-corrected chi connectivity index (χ4v) is 3.49. The number of nitrogens with zero attached hydrogens (tertiary/aromatic N) is 5. The zero-order valence-electron chi connectivity index (χ0n) is 16.2. The quantitative estimate of drug-likeness (QED) is 0.596. The number of hydrogen-bond acceptors (Lipinski definition) is 5. The predicted molar refractivity (Wildman–Crippen MR) is 109 cm³/mol. The molecule has 9 heteroatoms. The van der Waals surface area contributed by atoms with Crippen molar-refractivity contribution in [2.24, 2.45) is 7.05 Å². The summed E-state index contributed by atoms with van der Waals surface area (Å²) >= 11 is 11.5. The number of quaternary nitrogens is 1. The molecule has 7 nitrogen and oxygen atoms in total. The minimum Gasteiger partial charge on any atom is -0.415 e. The van der Waals surface area contributed by atoms with E-state index in [1.807, 2.05) is 40.6 Å². The smallest absolute Gasteiger partial charge is 0.271 e. The molecule has 1 fully saturated rings. The van der Waals surface area contributed by atoms with E-state index in [9.17, 15) is 0 Å². The normalized spacial score (nSPS) is 15.3. The van der Waals surface area contributed by atoms with Gasteiger partial charge in [0.25, 0.3) is 5.89 Å². The molecule has 0 spiro atoms. The van der Waals surface area contributed by atoms with Crippen LogP contribution in [0.1, 0.15) is 44.3 Å². The van der Waals surface area contributed by atoms with E-state index in [-0.39, 0.29) is 0 Å². The van der Waals surface area contributed by atoms with Crippen molar-refractivity contribution >= 4 is 23.8 Å². The van der Waals surface area contributed by atoms with Crippen LogP contribution in [0, 0.1) is 4.77 Å². The van der Waals surface area contributed by atoms with Crippen LogP contribution in [0.4, 0.5) is 0 Å². The molecular weight excluding hydrogens is 396 g/mol. The minimum absolute atomic E-state index is 0.346. The Balaban J connectivity index is 1.51. The van der Waals surface area contributed by atoms with E-state index in [2.05, 4.69) is 24.0 Å². The van der Waals surface area contributed by atoms with E-state index in [1.165, 1.54) is 17.7 Å². The Morgan fingerprint density at radius 3 is 2.61 bits per heavy atom. The Labute approximate surface area is 173 Å². The van der Waals surface area contributed by atoms with Crippen LogP contribution in [0.3, 0.4) is 0 Å². The molecule has 28 heavy (non-hydrogen) atoms. The first-order valence-corrected chi connectivity index (χ1v) is 10.3. The molecule has 1 unspecified atom stereocenters. The van der Waals surface area contributed by atoms with Gasteiger partial charge in [-0.2, -0.15) is 9.78 Å². The molecule has 0 bridgehead atoms. The number of hydrogen-bond donors (Lipinski definition) is 1. The number of aromatic nitrogens is 5. The van der Waals surface area contributed by atoms with Crippen LogP contribution in [0.2, 0.25) is 5.02 Å². The predicted octanol–water partition coefficient (Wildman–Crippen LogP) is 2.98. The monoisotopic (exact) mass is 419 g/mol. The minimum atomic E-state index is 0.346. The lowest BCUT2D eigenvalue weighted by atomic mass is 10.2. The van der Waals surface area contributed by atoms with Gasteiger partial charge in [0.2, 0.25) is 10.7 Å². The molecule has 0 radical (unpaired) electrons. The first kappa shape index (κ1) is 19.3. The summed E-state index contributed by atoms with van der Waals surface area (Å²) in [4.78, 5) is 1.25. The van der Waals surface area contributed by atoms with Crippen molar-refractivity contribution in [2.45, 2.75) is 51.9 Å². The Kier molecular flexibility index (Phi) is 5.35. The van der Waals surface area contributed by atoms with E-state index in [1.54, 1.807) is 0 Å². The topological polar surface area (TPSA) is 66.1 Å². The second-order valence-corrected chi connectivity index (χ2v) is 8.43. The van der Waals surface area contributed by atoms with Gasteiger partial charge >= 0.3 is 0 Å². The van der Waals surface area contributed by atoms with Gasteiger partial charge in [-0.15, -0.1) is 10.2 Å². The van der Waals surface area contributed by atoms with Crippen LogP contribution in [-0.2, 0) is 20.3 Å². The van der Waals surface area contributed by atoms with Crippen LogP contribution in [-0.4, -0.2) is 30.6 Å². The maximum absolute atomic E-state index is 5.95. The maximum Gasteiger partial charge on any atom is 0.271 e. The van der Waals surface area contributed by atoms with Gasteiger partial charge in [0.1, 0.15) is 5.82 Å². The molecule has 4 rings (SSSR count). The first-order valence-electron chi connectivity index (χ1n) is 9.49. The highest BCUT2D eigenvalue weighted by Gasteiger charge is 2.30. The van der Waals surface area contributed by atoms with Crippen molar-refractivity contribution in [1.82, 2.24) is 24.5 Å². The van der Waals surface area contributed by atoms with Crippen LogP contribution in [0.5, 0.6) is 0 Å². The van der Waals surface area contributed by atoms with Gasteiger partial charge < -0.3 is 13.9 Å². The number of benzene rings is 1. The highest BCUT2D eigenvalue weighted by atomic mass is 35.5. The van der Waals surface area contributed by atoms with E-state index in [0.717, 1.165) is 16.2 Å². The highest BCUT2D eigenvalue weighted by molar-refractivity contribution is 7.71.